The molecule has 3 heterocycles. The highest BCUT2D eigenvalue weighted by Gasteiger charge is 2.41. The van der Waals surface area contributed by atoms with E-state index in [9.17, 15) is 9.90 Å². The van der Waals surface area contributed by atoms with Crippen molar-refractivity contribution in [3.63, 3.8) is 0 Å². The number of thiocarbonyl (C=S) groups is 1. The van der Waals surface area contributed by atoms with Crippen LogP contribution in [0.25, 0.3) is 5.69 Å². The van der Waals surface area contributed by atoms with Crippen LogP contribution in [0.1, 0.15) is 41.1 Å². The van der Waals surface area contributed by atoms with Gasteiger partial charge in [0, 0.05) is 41.9 Å². The Labute approximate surface area is 221 Å². The van der Waals surface area contributed by atoms with Crippen LogP contribution in [0.3, 0.4) is 0 Å². The summed E-state index contributed by atoms with van der Waals surface area (Å²) in [6.45, 7) is 4.62. The minimum Gasteiger partial charge on any atom is -0.508 e. The maximum Gasteiger partial charge on any atom is 0.226 e. The zero-order chi connectivity index (χ0) is 25.9. The molecule has 1 aliphatic rings. The molecule has 7 nitrogen and oxygen atoms in total. The monoisotopic (exact) mass is 511 g/mol. The van der Waals surface area contributed by atoms with Crippen molar-refractivity contribution in [2.75, 3.05) is 11.9 Å². The second-order valence-electron chi connectivity index (χ2n) is 9.16. The molecule has 1 aliphatic heterocycles. The fourth-order valence-electron chi connectivity index (χ4n) is 5.04. The molecule has 0 aliphatic carbocycles. The predicted molar refractivity (Wildman–Crippen MR) is 149 cm³/mol. The lowest BCUT2D eigenvalue weighted by Gasteiger charge is -2.28. The fourth-order valence-corrected chi connectivity index (χ4v) is 5.37. The smallest absolute Gasteiger partial charge is 0.226 e. The number of aromatic nitrogens is 2. The van der Waals surface area contributed by atoms with E-state index in [1.165, 1.54) is 0 Å². The van der Waals surface area contributed by atoms with Crippen LogP contribution in [0.2, 0.25) is 0 Å². The molecule has 8 heteroatoms. The fraction of sp³-hybridized carbons (Fsp3) is 0.207. The minimum absolute atomic E-state index is 0.0661. The van der Waals surface area contributed by atoms with Crippen LogP contribution in [0.4, 0.5) is 5.69 Å². The first kappa shape index (κ1) is 24.5. The lowest BCUT2D eigenvalue weighted by atomic mass is 9.96. The highest BCUT2D eigenvalue weighted by molar-refractivity contribution is 7.80. The highest BCUT2D eigenvalue weighted by atomic mass is 32.1. The van der Waals surface area contributed by atoms with Crippen LogP contribution >= 0.6 is 12.2 Å². The number of carbonyl (C=O) groups excluding carboxylic acids is 1. The number of aromatic hydroxyl groups is 1. The van der Waals surface area contributed by atoms with Crippen LogP contribution in [0.15, 0.2) is 85.1 Å². The zero-order valence-corrected chi connectivity index (χ0v) is 21.6. The number of pyridine rings is 1. The number of benzene rings is 2. The molecule has 0 spiro atoms. The summed E-state index contributed by atoms with van der Waals surface area (Å²) in [7, 11) is 0. The summed E-state index contributed by atoms with van der Waals surface area (Å²) in [5, 5.41) is 16.8. The molecule has 2 atom stereocenters. The van der Waals surface area contributed by atoms with Crippen molar-refractivity contribution in [1.29, 1.82) is 0 Å². The number of carbonyl (C=O) groups is 1. The number of hydrogen-bond donors (Lipinski definition) is 3. The Morgan fingerprint density at radius 1 is 1.05 bits per heavy atom. The minimum atomic E-state index is -0.167. The summed E-state index contributed by atoms with van der Waals surface area (Å²) in [6, 6.07) is 24.4. The molecule has 2 aromatic carbocycles. The molecule has 188 valence electrons. The summed E-state index contributed by atoms with van der Waals surface area (Å²) >= 11 is 5.79. The van der Waals surface area contributed by atoms with Crippen molar-refractivity contribution in [3.8, 4) is 11.4 Å². The lowest BCUT2D eigenvalue weighted by molar-refractivity contribution is -0.116. The number of hydrogen-bond acceptors (Lipinski definition) is 4. The van der Waals surface area contributed by atoms with Crippen LogP contribution in [0.5, 0.6) is 5.75 Å². The van der Waals surface area contributed by atoms with Crippen LogP contribution in [0, 0.1) is 13.8 Å². The first-order valence-corrected chi connectivity index (χ1v) is 12.6. The third-order valence-electron chi connectivity index (χ3n) is 6.73. The van der Waals surface area contributed by atoms with E-state index in [1.807, 2.05) is 60.7 Å². The maximum absolute atomic E-state index is 12.8. The van der Waals surface area contributed by atoms with Gasteiger partial charge in [0.05, 0.1) is 17.8 Å². The number of anilines is 1. The molecule has 1 fully saturated rings. The molecule has 3 N–H and O–H groups in total. The predicted octanol–water partition coefficient (Wildman–Crippen LogP) is 5.20. The van der Waals surface area contributed by atoms with Gasteiger partial charge in [-0.3, -0.25) is 9.78 Å². The zero-order valence-electron chi connectivity index (χ0n) is 20.8. The second-order valence-corrected chi connectivity index (χ2v) is 9.55. The van der Waals surface area contributed by atoms with E-state index in [4.69, 9.17) is 12.2 Å². The second kappa shape index (κ2) is 10.4. The summed E-state index contributed by atoms with van der Waals surface area (Å²) < 4.78 is 2.17. The number of phenolic OH excluding ortho intramolecular Hbond substituents is 1. The number of aryl methyl sites for hydroxylation is 1. The van der Waals surface area contributed by atoms with E-state index in [0.717, 1.165) is 34.0 Å². The average molecular weight is 512 g/mol. The van der Waals surface area contributed by atoms with E-state index in [1.54, 1.807) is 18.3 Å². The number of amides is 1. The van der Waals surface area contributed by atoms with Crippen LogP contribution < -0.4 is 10.6 Å². The van der Waals surface area contributed by atoms with E-state index in [0.29, 0.717) is 18.1 Å². The number of para-hydroxylation sites is 1. The molecular formula is C29H29N5O2S. The number of nitrogens with one attached hydrogen (secondary N) is 2. The molecule has 2 aromatic heterocycles. The Bertz CT molecular complexity index is 1400. The Morgan fingerprint density at radius 3 is 2.49 bits per heavy atom. The van der Waals surface area contributed by atoms with Gasteiger partial charge in [0.15, 0.2) is 5.11 Å². The quantitative estimate of drug-likeness (QED) is 0.296. The van der Waals surface area contributed by atoms with Gasteiger partial charge in [0.2, 0.25) is 5.91 Å². The van der Waals surface area contributed by atoms with Gasteiger partial charge >= 0.3 is 0 Å². The summed E-state index contributed by atoms with van der Waals surface area (Å²) in [6.07, 6.45) is 2.08. The summed E-state index contributed by atoms with van der Waals surface area (Å²) in [5.41, 5.74) is 5.88. The molecule has 0 radical (unpaired) electrons. The van der Waals surface area contributed by atoms with Crippen LogP contribution in [-0.2, 0) is 4.79 Å². The van der Waals surface area contributed by atoms with Crippen molar-refractivity contribution in [2.24, 2.45) is 0 Å². The number of phenols is 1. The third-order valence-corrected chi connectivity index (χ3v) is 7.08. The molecule has 37 heavy (non-hydrogen) atoms. The summed E-state index contributed by atoms with van der Waals surface area (Å²) in [4.78, 5) is 19.5. The Hall–Kier alpha value is -4.17. The van der Waals surface area contributed by atoms with Gasteiger partial charge in [-0.15, -0.1) is 0 Å². The SMILES string of the molecule is Cc1cc([C@H]2[C@H](c3ccccn3)NC(=S)N2CCC(=O)Nc2ccccc2)c(C)n1-c1ccc(O)cc1. The maximum atomic E-state index is 12.8. The molecule has 4 aromatic rings. The van der Waals surface area contributed by atoms with Gasteiger partial charge in [0.25, 0.3) is 0 Å². The van der Waals surface area contributed by atoms with Crippen molar-refractivity contribution >= 4 is 28.9 Å². The molecule has 0 bridgehead atoms. The van der Waals surface area contributed by atoms with Gasteiger partial charge < -0.3 is 25.2 Å². The average Bonchev–Trinajstić information content (AvgIpc) is 3.39. The Morgan fingerprint density at radius 2 is 1.78 bits per heavy atom. The Kier molecular flexibility index (Phi) is 6.92. The number of nitrogens with zero attached hydrogens (tertiary/aromatic N) is 3. The molecule has 1 amide bonds. The normalized spacial score (nSPS) is 17.0. The number of rotatable bonds is 7. The molecule has 5 rings (SSSR count). The van der Waals surface area contributed by atoms with Gasteiger partial charge in [0.1, 0.15) is 5.75 Å². The standard InChI is InChI=1S/C29H29N5O2S/c1-19-18-24(20(2)34(19)22-11-13-23(35)14-12-22)28-27(25-10-6-7-16-30-25)32-29(37)33(28)17-15-26(36)31-21-8-4-3-5-9-21/h3-14,16,18,27-28,35H,15,17H2,1-2H3,(H,31,36)(H,32,37)/t27-,28-/m0/s1. The largest absolute Gasteiger partial charge is 0.508 e. The van der Waals surface area contributed by atoms with Crippen molar-refractivity contribution in [3.05, 3.63) is 108 Å². The van der Waals surface area contributed by atoms with Gasteiger partial charge in [-0.25, -0.2) is 0 Å². The first-order valence-electron chi connectivity index (χ1n) is 12.2. The van der Waals surface area contributed by atoms with Gasteiger partial charge in [-0.2, -0.15) is 0 Å². The van der Waals surface area contributed by atoms with E-state index >= 15 is 0 Å². The van der Waals surface area contributed by atoms with E-state index in [-0.39, 0.29) is 23.7 Å². The van der Waals surface area contributed by atoms with E-state index in [2.05, 4.69) is 45.0 Å². The van der Waals surface area contributed by atoms with Gasteiger partial charge in [-0.1, -0.05) is 24.3 Å². The van der Waals surface area contributed by atoms with Crippen molar-refractivity contribution in [1.82, 2.24) is 19.8 Å². The van der Waals surface area contributed by atoms with E-state index < -0.39 is 0 Å². The topological polar surface area (TPSA) is 82.4 Å². The Balaban J connectivity index is 1.47. The molecular weight excluding hydrogens is 482 g/mol. The first-order chi connectivity index (χ1) is 17.9. The van der Waals surface area contributed by atoms with Crippen molar-refractivity contribution < 1.29 is 9.90 Å². The third kappa shape index (κ3) is 5.06. The molecule has 0 unspecified atom stereocenters. The summed E-state index contributed by atoms with van der Waals surface area (Å²) in [5.74, 6) is 0.163. The lowest BCUT2D eigenvalue weighted by Crippen LogP contribution is -2.32. The highest BCUT2D eigenvalue weighted by Crippen LogP contribution is 2.41. The van der Waals surface area contributed by atoms with Gasteiger partial charge in [-0.05, 0) is 86.2 Å². The molecule has 1 saturated heterocycles. The van der Waals surface area contributed by atoms with Crippen molar-refractivity contribution in [2.45, 2.75) is 32.4 Å². The molecule has 0 saturated carbocycles. The van der Waals surface area contributed by atoms with Crippen LogP contribution in [-0.4, -0.2) is 37.1 Å².